The summed E-state index contributed by atoms with van der Waals surface area (Å²) in [5.74, 6) is 1.69. The van der Waals surface area contributed by atoms with Gasteiger partial charge in [-0.2, -0.15) is 0 Å². The van der Waals surface area contributed by atoms with Gasteiger partial charge in [-0.3, -0.25) is 9.80 Å². The Morgan fingerprint density at radius 3 is 2.03 bits per heavy atom. The highest BCUT2D eigenvalue weighted by Crippen LogP contribution is 2.33. The van der Waals surface area contributed by atoms with E-state index in [0.29, 0.717) is 11.0 Å². The van der Waals surface area contributed by atoms with Gasteiger partial charge in [0.05, 0.1) is 18.1 Å². The van der Waals surface area contributed by atoms with Crippen LogP contribution in [-0.2, 0) is 22.9 Å². The van der Waals surface area contributed by atoms with E-state index in [2.05, 4.69) is 21.9 Å². The van der Waals surface area contributed by atoms with Crippen LogP contribution in [0.5, 0.6) is 11.5 Å². The molecule has 1 aliphatic heterocycles. The molecule has 1 saturated carbocycles. The number of hydrogen-bond donors (Lipinski definition) is 0. The molecule has 7 heteroatoms. The Hall–Kier alpha value is -2.09. The van der Waals surface area contributed by atoms with Gasteiger partial charge in [-0.05, 0) is 80.6 Å². The molecule has 0 bridgehead atoms. The summed E-state index contributed by atoms with van der Waals surface area (Å²) in [7, 11) is -1.44. The van der Waals surface area contributed by atoms with E-state index >= 15 is 0 Å². The van der Waals surface area contributed by atoms with E-state index in [1.54, 1.807) is 19.2 Å². The van der Waals surface area contributed by atoms with Crippen molar-refractivity contribution in [1.82, 2.24) is 9.80 Å². The number of nitrogens with zero attached hydrogens (tertiary/aromatic N) is 2. The fourth-order valence-electron chi connectivity index (χ4n) is 4.80. The lowest BCUT2D eigenvalue weighted by molar-refractivity contribution is 0.200. The maximum atomic E-state index is 11.7. The maximum Gasteiger partial charge on any atom is 0.175 e. The summed E-state index contributed by atoms with van der Waals surface area (Å²) in [6.07, 6.45) is 7.43. The third-order valence-electron chi connectivity index (χ3n) is 6.67. The first-order chi connectivity index (χ1) is 15.9. The average Bonchev–Trinajstić information content (AvgIpc) is 3.20. The van der Waals surface area contributed by atoms with Crippen LogP contribution in [0, 0.1) is 0 Å². The summed E-state index contributed by atoms with van der Waals surface area (Å²) in [5, 5.41) is 0. The Kier molecular flexibility index (Phi) is 7.94. The third kappa shape index (κ3) is 6.71. The molecule has 1 heterocycles. The molecule has 2 aromatic rings. The maximum absolute atomic E-state index is 11.7. The zero-order chi connectivity index (χ0) is 23.3. The Bertz CT molecular complexity index is 1020. The Morgan fingerprint density at radius 2 is 1.42 bits per heavy atom. The van der Waals surface area contributed by atoms with E-state index in [1.165, 1.54) is 24.7 Å². The first kappa shape index (κ1) is 24.0. The number of methoxy groups -OCH3 is 1. The molecule has 0 aromatic heterocycles. The molecule has 0 radical (unpaired) electrons. The normalized spacial score (nSPS) is 18.8. The van der Waals surface area contributed by atoms with Crippen molar-refractivity contribution in [3.05, 3.63) is 53.6 Å². The fourth-order valence-corrected chi connectivity index (χ4v) is 5.43. The summed E-state index contributed by atoms with van der Waals surface area (Å²) < 4.78 is 35.2. The van der Waals surface area contributed by atoms with E-state index in [0.717, 1.165) is 75.6 Å². The van der Waals surface area contributed by atoms with Crippen LogP contribution in [0.15, 0.2) is 47.4 Å². The molecular weight excluding hydrogens is 436 g/mol. The fraction of sp³-hybridized carbons (Fsp3) is 0.538. The molecule has 4 rings (SSSR count). The van der Waals surface area contributed by atoms with Gasteiger partial charge < -0.3 is 9.47 Å². The third-order valence-corrected chi connectivity index (χ3v) is 7.80. The minimum atomic E-state index is -3.15. The topological polar surface area (TPSA) is 59.1 Å². The molecule has 180 valence electrons. The lowest BCUT2D eigenvalue weighted by Gasteiger charge is -2.23. The van der Waals surface area contributed by atoms with Crippen LogP contribution in [-0.4, -0.2) is 63.9 Å². The quantitative estimate of drug-likeness (QED) is 0.576. The largest absolute Gasteiger partial charge is 0.493 e. The molecule has 2 fully saturated rings. The Labute approximate surface area is 198 Å². The number of rotatable bonds is 8. The second-order valence-electron chi connectivity index (χ2n) is 9.33. The van der Waals surface area contributed by atoms with Crippen molar-refractivity contribution in [2.45, 2.75) is 56.2 Å². The van der Waals surface area contributed by atoms with E-state index in [-0.39, 0.29) is 0 Å². The zero-order valence-electron chi connectivity index (χ0n) is 19.8. The molecule has 0 N–H and O–H groups in total. The lowest BCUT2D eigenvalue weighted by atomic mass is 10.1. The van der Waals surface area contributed by atoms with Crippen molar-refractivity contribution < 1.29 is 17.9 Å². The van der Waals surface area contributed by atoms with Crippen LogP contribution in [0.1, 0.15) is 43.2 Å². The summed E-state index contributed by atoms with van der Waals surface area (Å²) in [4.78, 5) is 5.34. The van der Waals surface area contributed by atoms with Crippen LogP contribution in [0.3, 0.4) is 0 Å². The van der Waals surface area contributed by atoms with Crippen molar-refractivity contribution in [2.24, 2.45) is 0 Å². The number of ether oxygens (including phenoxy) is 2. The molecule has 1 saturated heterocycles. The SMILES string of the molecule is COc1ccc(CN2CCCN(Cc3ccc(S(C)(=O)=O)cc3)CC2)cc1OC1CCCC1. The summed E-state index contributed by atoms with van der Waals surface area (Å²) >= 11 is 0. The molecule has 0 unspecified atom stereocenters. The van der Waals surface area contributed by atoms with Crippen molar-refractivity contribution in [2.75, 3.05) is 39.5 Å². The van der Waals surface area contributed by atoms with E-state index < -0.39 is 9.84 Å². The van der Waals surface area contributed by atoms with Crippen molar-refractivity contribution in [3.63, 3.8) is 0 Å². The van der Waals surface area contributed by atoms with Crippen LogP contribution in [0.25, 0.3) is 0 Å². The first-order valence-electron chi connectivity index (χ1n) is 12.0. The highest BCUT2D eigenvalue weighted by molar-refractivity contribution is 7.90. The van der Waals surface area contributed by atoms with Crippen LogP contribution >= 0.6 is 0 Å². The van der Waals surface area contributed by atoms with Gasteiger partial charge in [0.15, 0.2) is 21.3 Å². The zero-order valence-corrected chi connectivity index (χ0v) is 20.6. The van der Waals surface area contributed by atoms with Crippen LogP contribution in [0.2, 0.25) is 0 Å². The van der Waals surface area contributed by atoms with Crippen molar-refractivity contribution in [1.29, 1.82) is 0 Å². The van der Waals surface area contributed by atoms with Gasteiger partial charge in [-0.25, -0.2) is 8.42 Å². The standard InChI is InChI=1S/C26H36N2O4S/c1-31-25-13-10-22(18-26(25)32-23-6-3-4-7-23)20-28-15-5-14-27(16-17-28)19-21-8-11-24(12-9-21)33(2,29)30/h8-13,18,23H,3-7,14-17,19-20H2,1-2H3. The molecule has 6 nitrogen and oxygen atoms in total. The van der Waals surface area contributed by atoms with Crippen molar-refractivity contribution >= 4 is 9.84 Å². The summed E-state index contributed by atoms with van der Waals surface area (Å²) in [6.45, 7) is 5.86. The highest BCUT2D eigenvalue weighted by Gasteiger charge is 2.20. The molecule has 2 aromatic carbocycles. The lowest BCUT2D eigenvalue weighted by Crippen LogP contribution is -2.30. The van der Waals surface area contributed by atoms with Gasteiger partial charge in [-0.15, -0.1) is 0 Å². The van der Waals surface area contributed by atoms with Gasteiger partial charge in [0.1, 0.15) is 0 Å². The molecule has 0 atom stereocenters. The monoisotopic (exact) mass is 472 g/mol. The number of hydrogen-bond acceptors (Lipinski definition) is 6. The predicted molar refractivity (Wildman–Crippen MR) is 131 cm³/mol. The second-order valence-corrected chi connectivity index (χ2v) is 11.3. The molecular formula is C26H36N2O4S. The number of sulfone groups is 1. The van der Waals surface area contributed by atoms with Gasteiger partial charge in [0.25, 0.3) is 0 Å². The molecule has 2 aliphatic rings. The summed E-state index contributed by atoms with van der Waals surface area (Å²) in [6, 6.07) is 13.6. The van der Waals surface area contributed by atoms with E-state index in [1.807, 2.05) is 18.2 Å². The van der Waals surface area contributed by atoms with E-state index in [4.69, 9.17) is 9.47 Å². The molecule has 33 heavy (non-hydrogen) atoms. The predicted octanol–water partition coefficient (Wildman–Crippen LogP) is 4.13. The Balaban J connectivity index is 1.33. The van der Waals surface area contributed by atoms with Gasteiger partial charge >= 0.3 is 0 Å². The molecule has 0 spiro atoms. The molecule has 0 amide bonds. The minimum Gasteiger partial charge on any atom is -0.493 e. The number of benzene rings is 2. The van der Waals surface area contributed by atoms with Gasteiger partial charge in [-0.1, -0.05) is 18.2 Å². The van der Waals surface area contributed by atoms with Crippen LogP contribution < -0.4 is 9.47 Å². The second kappa shape index (κ2) is 10.9. The highest BCUT2D eigenvalue weighted by atomic mass is 32.2. The summed E-state index contributed by atoms with van der Waals surface area (Å²) in [5.41, 5.74) is 2.41. The van der Waals surface area contributed by atoms with E-state index in [9.17, 15) is 8.42 Å². The van der Waals surface area contributed by atoms with Gasteiger partial charge in [0.2, 0.25) is 0 Å². The smallest absolute Gasteiger partial charge is 0.175 e. The van der Waals surface area contributed by atoms with Crippen molar-refractivity contribution in [3.8, 4) is 11.5 Å². The Morgan fingerprint density at radius 1 is 0.818 bits per heavy atom. The van der Waals surface area contributed by atoms with Gasteiger partial charge in [0, 0.05) is 32.4 Å². The first-order valence-corrected chi connectivity index (χ1v) is 13.9. The minimum absolute atomic E-state index is 0.312. The average molecular weight is 473 g/mol. The van der Waals surface area contributed by atoms with Crippen LogP contribution in [0.4, 0.5) is 0 Å². The molecule has 1 aliphatic carbocycles.